The second-order valence-electron chi connectivity index (χ2n) is 3.75. The molecule has 0 heterocycles. The fraction of sp³-hybridized carbons (Fsp3) is 0.167. The van der Waals surface area contributed by atoms with Gasteiger partial charge in [-0.05, 0) is 23.8 Å². The predicted molar refractivity (Wildman–Crippen MR) is 64.2 cm³/mol. The quantitative estimate of drug-likeness (QED) is 0.622. The molecule has 0 saturated carbocycles. The zero-order chi connectivity index (χ0) is 13.7. The van der Waals surface area contributed by atoms with Gasteiger partial charge in [-0.3, -0.25) is 10.2 Å². The molecule has 0 aliphatic rings. The first-order chi connectivity index (χ1) is 8.40. The fourth-order valence-electron chi connectivity index (χ4n) is 1.25. The molecule has 0 aromatic heterocycles. The first-order valence-corrected chi connectivity index (χ1v) is 5.09. The van der Waals surface area contributed by atoms with Gasteiger partial charge >= 0.3 is 5.97 Å². The van der Waals surface area contributed by atoms with E-state index in [1.807, 2.05) is 0 Å². The summed E-state index contributed by atoms with van der Waals surface area (Å²) < 4.78 is 13.6. The molecular formula is C12H13FN2O3. The molecule has 1 aromatic rings. The van der Waals surface area contributed by atoms with Gasteiger partial charge in [-0.2, -0.15) is 0 Å². The molecule has 5 nitrogen and oxygen atoms in total. The Morgan fingerprint density at radius 1 is 1.39 bits per heavy atom. The van der Waals surface area contributed by atoms with Crippen molar-refractivity contribution in [1.82, 2.24) is 10.4 Å². The highest BCUT2D eigenvalue weighted by molar-refractivity contribution is 5.94. The van der Waals surface area contributed by atoms with Crippen molar-refractivity contribution >= 4 is 18.0 Å². The van der Waals surface area contributed by atoms with Gasteiger partial charge in [0.05, 0.1) is 5.56 Å². The number of hydrogen-bond donors (Lipinski definition) is 2. The van der Waals surface area contributed by atoms with Crippen LogP contribution < -0.4 is 5.43 Å². The predicted octanol–water partition coefficient (Wildman–Crippen LogP) is 1.13. The lowest BCUT2D eigenvalue weighted by atomic mass is 10.1. The number of hydrazine groups is 1. The third kappa shape index (κ3) is 3.99. The topological polar surface area (TPSA) is 69.6 Å². The van der Waals surface area contributed by atoms with E-state index in [1.165, 1.54) is 23.2 Å². The van der Waals surface area contributed by atoms with Crippen LogP contribution in [0.4, 0.5) is 4.39 Å². The van der Waals surface area contributed by atoms with Crippen LogP contribution >= 0.6 is 0 Å². The summed E-state index contributed by atoms with van der Waals surface area (Å²) >= 11 is 0. The van der Waals surface area contributed by atoms with Gasteiger partial charge in [0.15, 0.2) is 0 Å². The number of carboxylic acids is 1. The molecule has 6 heteroatoms. The Morgan fingerprint density at radius 3 is 2.56 bits per heavy atom. The minimum absolute atomic E-state index is 0.101. The van der Waals surface area contributed by atoms with Gasteiger partial charge < -0.3 is 5.11 Å². The van der Waals surface area contributed by atoms with Gasteiger partial charge in [0, 0.05) is 20.2 Å². The Bertz CT molecular complexity index is 498. The van der Waals surface area contributed by atoms with Crippen molar-refractivity contribution in [1.29, 1.82) is 0 Å². The van der Waals surface area contributed by atoms with Crippen LogP contribution in [0.3, 0.4) is 0 Å². The molecule has 18 heavy (non-hydrogen) atoms. The maximum atomic E-state index is 13.6. The van der Waals surface area contributed by atoms with Crippen LogP contribution in [0.25, 0.3) is 6.08 Å². The van der Waals surface area contributed by atoms with E-state index in [1.54, 1.807) is 14.1 Å². The lowest BCUT2D eigenvalue weighted by Gasteiger charge is -2.12. The van der Waals surface area contributed by atoms with Crippen LogP contribution in [0.2, 0.25) is 0 Å². The Hall–Kier alpha value is -2.21. The summed E-state index contributed by atoms with van der Waals surface area (Å²) in [6.45, 7) is 0. The number of carbonyl (C=O) groups excluding carboxylic acids is 1. The second-order valence-corrected chi connectivity index (χ2v) is 3.75. The van der Waals surface area contributed by atoms with Crippen LogP contribution in [-0.2, 0) is 4.79 Å². The van der Waals surface area contributed by atoms with E-state index < -0.39 is 17.7 Å². The molecular weight excluding hydrogens is 239 g/mol. The molecule has 0 aliphatic carbocycles. The van der Waals surface area contributed by atoms with Crippen molar-refractivity contribution in [3.63, 3.8) is 0 Å². The molecule has 0 unspecified atom stereocenters. The fourth-order valence-corrected chi connectivity index (χ4v) is 1.25. The lowest BCUT2D eigenvalue weighted by Crippen LogP contribution is -2.36. The minimum Gasteiger partial charge on any atom is -0.478 e. The normalized spacial score (nSPS) is 10.9. The van der Waals surface area contributed by atoms with E-state index in [-0.39, 0.29) is 5.56 Å². The van der Waals surface area contributed by atoms with E-state index >= 15 is 0 Å². The average Bonchev–Trinajstić information content (AvgIpc) is 2.25. The van der Waals surface area contributed by atoms with E-state index in [4.69, 9.17) is 5.11 Å². The Morgan fingerprint density at radius 2 is 2.06 bits per heavy atom. The Labute approximate surface area is 103 Å². The molecule has 0 spiro atoms. The maximum Gasteiger partial charge on any atom is 0.328 e. The van der Waals surface area contributed by atoms with Crippen molar-refractivity contribution in [2.45, 2.75) is 0 Å². The highest BCUT2D eigenvalue weighted by Gasteiger charge is 2.11. The zero-order valence-electron chi connectivity index (χ0n) is 9.98. The largest absolute Gasteiger partial charge is 0.478 e. The van der Waals surface area contributed by atoms with Gasteiger partial charge in [-0.1, -0.05) is 6.07 Å². The molecule has 96 valence electrons. The summed E-state index contributed by atoms with van der Waals surface area (Å²) in [7, 11) is 3.22. The first-order valence-electron chi connectivity index (χ1n) is 5.09. The van der Waals surface area contributed by atoms with Crippen LogP contribution in [0.5, 0.6) is 0 Å². The molecule has 0 fully saturated rings. The molecule has 1 rings (SSSR count). The molecule has 0 bridgehead atoms. The number of nitrogens with one attached hydrogen (secondary N) is 1. The Kier molecular flexibility index (Phi) is 4.56. The summed E-state index contributed by atoms with van der Waals surface area (Å²) in [4.78, 5) is 21.9. The molecule has 1 amide bonds. The summed E-state index contributed by atoms with van der Waals surface area (Å²) in [5.41, 5.74) is 2.68. The summed E-state index contributed by atoms with van der Waals surface area (Å²) in [6, 6.07) is 3.87. The number of carbonyl (C=O) groups is 2. The summed E-state index contributed by atoms with van der Waals surface area (Å²) in [6.07, 6.45) is 2.15. The molecule has 1 aromatic carbocycles. The number of nitrogens with zero attached hydrogens (tertiary/aromatic N) is 1. The number of benzene rings is 1. The average molecular weight is 252 g/mol. The zero-order valence-corrected chi connectivity index (χ0v) is 9.98. The van der Waals surface area contributed by atoms with Crippen molar-refractivity contribution in [3.8, 4) is 0 Å². The van der Waals surface area contributed by atoms with E-state index in [0.717, 1.165) is 12.1 Å². The number of rotatable bonds is 4. The van der Waals surface area contributed by atoms with Crippen molar-refractivity contribution in [3.05, 3.63) is 41.2 Å². The third-order valence-electron chi connectivity index (χ3n) is 1.98. The molecule has 2 N–H and O–H groups in total. The van der Waals surface area contributed by atoms with Gasteiger partial charge in [0.2, 0.25) is 0 Å². The number of halogens is 1. The SMILES string of the molecule is CN(C)NC(=O)c1ccc(/C=C/C(=O)O)cc1F. The molecule has 0 saturated heterocycles. The second kappa shape index (κ2) is 5.92. The standard InChI is InChI=1S/C12H13FN2O3/c1-15(2)14-12(18)9-5-3-8(7-10(9)13)4-6-11(16)17/h3-7H,1-2H3,(H,14,18)(H,16,17)/b6-4+. The number of aliphatic carboxylic acids is 1. The van der Waals surface area contributed by atoms with E-state index in [0.29, 0.717) is 5.56 Å². The summed E-state index contributed by atoms with van der Waals surface area (Å²) in [5.74, 6) is -2.39. The van der Waals surface area contributed by atoms with E-state index in [9.17, 15) is 14.0 Å². The third-order valence-corrected chi connectivity index (χ3v) is 1.98. The summed E-state index contributed by atoms with van der Waals surface area (Å²) in [5, 5.41) is 9.84. The van der Waals surface area contributed by atoms with Gasteiger partial charge in [0.1, 0.15) is 5.82 Å². The van der Waals surface area contributed by atoms with Crippen LogP contribution in [0.15, 0.2) is 24.3 Å². The Balaban J connectivity index is 2.92. The highest BCUT2D eigenvalue weighted by atomic mass is 19.1. The van der Waals surface area contributed by atoms with E-state index in [2.05, 4.69) is 5.43 Å². The lowest BCUT2D eigenvalue weighted by molar-refractivity contribution is -0.131. The van der Waals surface area contributed by atoms with Crippen LogP contribution in [0.1, 0.15) is 15.9 Å². The first kappa shape index (κ1) is 13.9. The monoisotopic (exact) mass is 252 g/mol. The van der Waals surface area contributed by atoms with Crippen LogP contribution in [0, 0.1) is 5.82 Å². The number of hydrogen-bond acceptors (Lipinski definition) is 3. The number of amides is 1. The number of carboxylic acid groups (broad SMARTS) is 1. The minimum atomic E-state index is -1.12. The molecule has 0 aliphatic heterocycles. The van der Waals surface area contributed by atoms with Gasteiger partial charge in [0.25, 0.3) is 5.91 Å². The maximum absolute atomic E-state index is 13.6. The van der Waals surface area contributed by atoms with Gasteiger partial charge in [-0.15, -0.1) is 0 Å². The molecule has 0 atom stereocenters. The smallest absolute Gasteiger partial charge is 0.328 e. The van der Waals surface area contributed by atoms with Crippen LogP contribution in [-0.4, -0.2) is 36.1 Å². The highest BCUT2D eigenvalue weighted by Crippen LogP contribution is 2.12. The van der Waals surface area contributed by atoms with Crippen molar-refractivity contribution in [2.24, 2.45) is 0 Å². The van der Waals surface area contributed by atoms with Crippen molar-refractivity contribution in [2.75, 3.05) is 14.1 Å². The molecule has 0 radical (unpaired) electrons. The van der Waals surface area contributed by atoms with Gasteiger partial charge in [-0.25, -0.2) is 14.2 Å². The van der Waals surface area contributed by atoms with Crippen molar-refractivity contribution < 1.29 is 19.1 Å².